The molecule has 7 heteroatoms. The number of amides is 2. The number of nitrogens with one attached hydrogen (secondary N) is 2. The summed E-state index contributed by atoms with van der Waals surface area (Å²) < 4.78 is 5.70. The lowest BCUT2D eigenvalue weighted by Crippen LogP contribution is -2.51. The molecule has 0 saturated carbocycles. The molecule has 5 rings (SSSR count). The minimum Gasteiger partial charge on any atom is -0.480 e. The highest BCUT2D eigenvalue weighted by molar-refractivity contribution is 5.88. The van der Waals surface area contributed by atoms with E-state index < -0.39 is 41.6 Å². The summed E-state index contributed by atoms with van der Waals surface area (Å²) >= 11 is 0. The summed E-state index contributed by atoms with van der Waals surface area (Å²) in [4.78, 5) is 39.1. The fourth-order valence-corrected chi connectivity index (χ4v) is 5.58. The standard InChI is InChI=1S/C39H36N2O5/c1-38(2,30-25-23-29(24-26-30)28-15-7-3-8-16-28)46-37(45)40-34(36(43)44)27-35(42)41-39(31-17-9-4-10-18-31,32-19-11-5-12-20-32)33-21-13-6-14-22-33/h3-26,34H,27H2,1-2H3,(H,40,45)(H,41,42)(H,43,44)/t34-/m0/s1. The predicted octanol–water partition coefficient (Wildman–Crippen LogP) is 7.27. The number of ether oxygens (including phenoxy) is 1. The quantitative estimate of drug-likeness (QED) is 0.136. The summed E-state index contributed by atoms with van der Waals surface area (Å²) in [6.07, 6.45) is -1.47. The topological polar surface area (TPSA) is 105 Å². The second-order valence-corrected chi connectivity index (χ2v) is 11.5. The summed E-state index contributed by atoms with van der Waals surface area (Å²) in [5.74, 6) is -1.93. The van der Waals surface area contributed by atoms with Crippen LogP contribution in [0.3, 0.4) is 0 Å². The summed E-state index contributed by atoms with van der Waals surface area (Å²) in [7, 11) is 0. The lowest BCUT2D eigenvalue weighted by Gasteiger charge is -2.37. The molecule has 0 aliphatic rings. The molecule has 0 spiro atoms. The molecule has 46 heavy (non-hydrogen) atoms. The van der Waals surface area contributed by atoms with E-state index in [1.54, 1.807) is 13.8 Å². The van der Waals surface area contributed by atoms with E-state index >= 15 is 0 Å². The summed E-state index contributed by atoms with van der Waals surface area (Å²) in [6, 6.07) is 44.5. The van der Waals surface area contributed by atoms with Gasteiger partial charge in [-0.05, 0) is 47.2 Å². The van der Waals surface area contributed by atoms with Gasteiger partial charge >= 0.3 is 12.1 Å². The van der Waals surface area contributed by atoms with Crippen LogP contribution in [-0.2, 0) is 25.5 Å². The Labute approximate surface area is 268 Å². The first-order chi connectivity index (χ1) is 22.2. The highest BCUT2D eigenvalue weighted by Gasteiger charge is 2.39. The van der Waals surface area contributed by atoms with Gasteiger partial charge in [-0.1, -0.05) is 146 Å². The molecular weight excluding hydrogens is 576 g/mol. The van der Waals surface area contributed by atoms with E-state index in [0.717, 1.165) is 33.4 Å². The molecule has 232 valence electrons. The van der Waals surface area contributed by atoms with Crippen LogP contribution < -0.4 is 10.6 Å². The van der Waals surface area contributed by atoms with Crippen molar-refractivity contribution in [1.82, 2.24) is 10.6 Å². The minimum absolute atomic E-state index is 0.523. The maximum Gasteiger partial charge on any atom is 0.408 e. The first kappa shape index (κ1) is 31.7. The first-order valence-electron chi connectivity index (χ1n) is 15.0. The smallest absolute Gasteiger partial charge is 0.408 e. The number of benzene rings is 5. The Kier molecular flexibility index (Phi) is 9.62. The first-order valence-corrected chi connectivity index (χ1v) is 15.0. The summed E-state index contributed by atoms with van der Waals surface area (Å²) in [5, 5.41) is 15.6. The Morgan fingerprint density at radius 3 is 1.46 bits per heavy atom. The van der Waals surface area contributed by atoms with Crippen molar-refractivity contribution in [3.8, 4) is 11.1 Å². The van der Waals surface area contributed by atoms with E-state index in [0.29, 0.717) is 0 Å². The van der Waals surface area contributed by atoms with Gasteiger partial charge < -0.3 is 20.5 Å². The Balaban J connectivity index is 1.34. The minimum atomic E-state index is -1.54. The number of hydrogen-bond donors (Lipinski definition) is 3. The fraction of sp³-hybridized carbons (Fsp3) is 0.154. The average molecular weight is 613 g/mol. The van der Waals surface area contributed by atoms with E-state index in [2.05, 4.69) is 10.6 Å². The van der Waals surface area contributed by atoms with E-state index in [1.165, 1.54) is 0 Å². The van der Waals surface area contributed by atoms with Crippen LogP contribution in [0.4, 0.5) is 4.79 Å². The second-order valence-electron chi connectivity index (χ2n) is 11.5. The third-order valence-corrected chi connectivity index (χ3v) is 7.96. The van der Waals surface area contributed by atoms with Crippen LogP contribution in [0.5, 0.6) is 0 Å². The van der Waals surface area contributed by atoms with Crippen molar-refractivity contribution in [3.05, 3.63) is 168 Å². The third-order valence-electron chi connectivity index (χ3n) is 7.96. The molecule has 0 bridgehead atoms. The van der Waals surface area contributed by atoms with Crippen LogP contribution in [0, 0.1) is 0 Å². The molecule has 5 aromatic carbocycles. The van der Waals surface area contributed by atoms with Gasteiger partial charge in [-0.3, -0.25) is 4.79 Å². The Bertz CT molecular complexity index is 1660. The number of alkyl carbamates (subject to hydrolysis) is 1. The summed E-state index contributed by atoms with van der Waals surface area (Å²) in [6.45, 7) is 3.45. The monoisotopic (exact) mass is 612 g/mol. The fourth-order valence-electron chi connectivity index (χ4n) is 5.58. The van der Waals surface area contributed by atoms with Gasteiger partial charge in [0.05, 0.1) is 6.42 Å². The molecule has 0 fully saturated rings. The zero-order chi connectivity index (χ0) is 32.6. The average Bonchev–Trinajstić information content (AvgIpc) is 3.08. The Morgan fingerprint density at radius 2 is 1.02 bits per heavy atom. The van der Waals surface area contributed by atoms with Crippen molar-refractivity contribution in [2.45, 2.75) is 37.5 Å². The lowest BCUT2D eigenvalue weighted by molar-refractivity contribution is -0.141. The maximum absolute atomic E-state index is 13.8. The molecule has 1 atom stereocenters. The molecule has 0 aliphatic heterocycles. The molecule has 5 aromatic rings. The maximum atomic E-state index is 13.8. The Morgan fingerprint density at radius 1 is 0.609 bits per heavy atom. The van der Waals surface area contributed by atoms with Crippen molar-refractivity contribution in [3.63, 3.8) is 0 Å². The van der Waals surface area contributed by atoms with E-state index in [4.69, 9.17) is 4.74 Å². The number of carbonyl (C=O) groups excluding carboxylic acids is 2. The lowest BCUT2D eigenvalue weighted by atomic mass is 9.77. The second kappa shape index (κ2) is 13.9. The molecule has 7 nitrogen and oxygen atoms in total. The zero-order valence-electron chi connectivity index (χ0n) is 25.7. The van der Waals surface area contributed by atoms with Crippen molar-refractivity contribution in [2.75, 3.05) is 0 Å². The van der Waals surface area contributed by atoms with Gasteiger partial charge in [-0.25, -0.2) is 9.59 Å². The highest BCUT2D eigenvalue weighted by atomic mass is 16.6. The van der Waals surface area contributed by atoms with E-state index in [1.807, 2.05) is 146 Å². The highest BCUT2D eigenvalue weighted by Crippen LogP contribution is 2.37. The van der Waals surface area contributed by atoms with Crippen molar-refractivity contribution in [2.24, 2.45) is 0 Å². The van der Waals surface area contributed by atoms with Crippen molar-refractivity contribution >= 4 is 18.0 Å². The van der Waals surface area contributed by atoms with Gasteiger partial charge in [0.2, 0.25) is 5.91 Å². The van der Waals surface area contributed by atoms with Crippen LogP contribution in [0.1, 0.15) is 42.5 Å². The van der Waals surface area contributed by atoms with Gasteiger partial charge in [-0.15, -0.1) is 0 Å². The van der Waals surface area contributed by atoms with Gasteiger partial charge in [0.15, 0.2) is 0 Å². The van der Waals surface area contributed by atoms with Gasteiger partial charge in [0, 0.05) is 0 Å². The number of carbonyl (C=O) groups is 3. The SMILES string of the molecule is CC(C)(OC(=O)N[C@@H](CC(=O)NC(c1ccccc1)(c1ccccc1)c1ccccc1)C(=O)O)c1ccc(-c2ccccc2)cc1. The normalized spacial score (nSPS) is 12.0. The number of aliphatic carboxylic acids is 1. The largest absolute Gasteiger partial charge is 0.480 e. The van der Waals surface area contributed by atoms with E-state index in [-0.39, 0.29) is 0 Å². The molecule has 2 amide bonds. The molecule has 0 aliphatic carbocycles. The number of hydrogen-bond acceptors (Lipinski definition) is 4. The van der Waals surface area contributed by atoms with Crippen LogP contribution in [-0.4, -0.2) is 29.1 Å². The van der Waals surface area contributed by atoms with Crippen molar-refractivity contribution < 1.29 is 24.2 Å². The van der Waals surface area contributed by atoms with Crippen molar-refractivity contribution in [1.29, 1.82) is 0 Å². The van der Waals surface area contributed by atoms with Crippen LogP contribution >= 0.6 is 0 Å². The van der Waals surface area contributed by atoms with Crippen LogP contribution in [0.15, 0.2) is 146 Å². The van der Waals surface area contributed by atoms with E-state index in [9.17, 15) is 19.5 Å². The Hall–Kier alpha value is -5.69. The van der Waals surface area contributed by atoms with Gasteiger partial charge in [0.25, 0.3) is 0 Å². The number of carboxylic acid groups (broad SMARTS) is 1. The number of rotatable bonds is 11. The summed E-state index contributed by atoms with van der Waals surface area (Å²) in [5.41, 5.74) is 2.97. The number of carboxylic acids is 1. The molecular formula is C39H36N2O5. The third kappa shape index (κ3) is 7.16. The molecule has 0 radical (unpaired) electrons. The molecule has 0 aromatic heterocycles. The molecule has 0 saturated heterocycles. The molecule has 0 heterocycles. The van der Waals surface area contributed by atoms with Crippen LogP contribution in [0.2, 0.25) is 0 Å². The molecule has 3 N–H and O–H groups in total. The van der Waals surface area contributed by atoms with Gasteiger partial charge in [0.1, 0.15) is 17.2 Å². The predicted molar refractivity (Wildman–Crippen MR) is 178 cm³/mol. The van der Waals surface area contributed by atoms with Crippen LogP contribution in [0.25, 0.3) is 11.1 Å². The zero-order valence-corrected chi connectivity index (χ0v) is 25.7. The van der Waals surface area contributed by atoms with Gasteiger partial charge in [-0.2, -0.15) is 0 Å². The molecule has 0 unspecified atom stereocenters.